The lowest BCUT2D eigenvalue weighted by Crippen LogP contribution is -2.31. The SMILES string of the molecule is CCN(CC)P(C1CCCCC1)C1CCCCC1. The van der Waals surface area contributed by atoms with Gasteiger partial charge in [0.1, 0.15) is 0 Å². The molecule has 0 spiro atoms. The highest BCUT2D eigenvalue weighted by atomic mass is 31.1. The van der Waals surface area contributed by atoms with E-state index in [0.29, 0.717) is 0 Å². The maximum absolute atomic E-state index is 2.86. The second kappa shape index (κ2) is 7.85. The zero-order valence-electron chi connectivity index (χ0n) is 12.5. The van der Waals surface area contributed by atoms with Crippen LogP contribution < -0.4 is 0 Å². The molecule has 0 aliphatic heterocycles. The molecule has 2 saturated carbocycles. The molecule has 2 aliphatic carbocycles. The molecule has 0 unspecified atom stereocenters. The van der Waals surface area contributed by atoms with Crippen LogP contribution in [-0.4, -0.2) is 29.1 Å². The van der Waals surface area contributed by atoms with Gasteiger partial charge in [0.15, 0.2) is 0 Å². The molecule has 0 bridgehead atoms. The van der Waals surface area contributed by atoms with Gasteiger partial charge < -0.3 is 0 Å². The van der Waals surface area contributed by atoms with Crippen molar-refractivity contribution in [2.45, 2.75) is 89.4 Å². The van der Waals surface area contributed by atoms with E-state index in [2.05, 4.69) is 18.5 Å². The van der Waals surface area contributed by atoms with Crippen LogP contribution in [0.5, 0.6) is 0 Å². The Kier molecular flexibility index (Phi) is 6.45. The van der Waals surface area contributed by atoms with Crippen molar-refractivity contribution in [3.05, 3.63) is 0 Å². The maximum atomic E-state index is 2.86. The molecule has 0 atom stereocenters. The lowest BCUT2D eigenvalue weighted by molar-refractivity contribution is 0.431. The highest BCUT2D eigenvalue weighted by molar-refractivity contribution is 7.56. The lowest BCUT2D eigenvalue weighted by Gasteiger charge is -2.44. The molecule has 0 aromatic heterocycles. The molecule has 0 aromatic rings. The number of hydrogen-bond donors (Lipinski definition) is 0. The average molecular weight is 269 g/mol. The van der Waals surface area contributed by atoms with E-state index in [1.807, 2.05) is 0 Å². The number of rotatable bonds is 5. The molecule has 0 N–H and O–H groups in total. The Hall–Kier alpha value is 0.390. The second-order valence-corrected chi connectivity index (χ2v) is 8.89. The van der Waals surface area contributed by atoms with E-state index < -0.39 is 0 Å². The Labute approximate surface area is 116 Å². The molecule has 2 rings (SSSR count). The first-order chi connectivity index (χ1) is 8.86. The van der Waals surface area contributed by atoms with E-state index in [4.69, 9.17) is 0 Å². The van der Waals surface area contributed by atoms with Gasteiger partial charge in [-0.1, -0.05) is 52.4 Å². The summed E-state index contributed by atoms with van der Waals surface area (Å²) in [4.78, 5) is 0. The Morgan fingerprint density at radius 1 is 0.722 bits per heavy atom. The Balaban J connectivity index is 2.04. The van der Waals surface area contributed by atoms with Crippen LogP contribution in [-0.2, 0) is 0 Å². The highest BCUT2D eigenvalue weighted by Crippen LogP contribution is 2.57. The van der Waals surface area contributed by atoms with E-state index in [1.165, 1.54) is 51.6 Å². The summed E-state index contributed by atoms with van der Waals surface area (Å²) in [6, 6.07) is 0. The minimum Gasteiger partial charge on any atom is -0.282 e. The van der Waals surface area contributed by atoms with Crippen molar-refractivity contribution in [3.63, 3.8) is 0 Å². The standard InChI is InChI=1S/C16H32NP/c1-3-17(4-2)18(15-11-7-5-8-12-15)16-13-9-6-10-14-16/h15-16H,3-14H2,1-2H3. The molecule has 0 saturated heterocycles. The van der Waals surface area contributed by atoms with Gasteiger partial charge in [0, 0.05) is 0 Å². The maximum Gasteiger partial charge on any atom is -0.000749 e. The molecule has 0 aromatic carbocycles. The second-order valence-electron chi connectivity index (χ2n) is 6.10. The molecular weight excluding hydrogens is 237 g/mol. The zero-order valence-corrected chi connectivity index (χ0v) is 13.4. The molecular formula is C16H32NP. The van der Waals surface area contributed by atoms with Crippen LogP contribution in [0.15, 0.2) is 0 Å². The van der Waals surface area contributed by atoms with Crippen LogP contribution in [0.4, 0.5) is 0 Å². The predicted molar refractivity (Wildman–Crippen MR) is 83.6 cm³/mol. The summed E-state index contributed by atoms with van der Waals surface area (Å²) in [5.74, 6) is 0. The van der Waals surface area contributed by atoms with Crippen molar-refractivity contribution in [2.24, 2.45) is 0 Å². The largest absolute Gasteiger partial charge is 0.282 e. The minimum atomic E-state index is 0.173. The predicted octanol–water partition coefficient (Wildman–Crippen LogP) is 5.39. The summed E-state index contributed by atoms with van der Waals surface area (Å²) < 4.78 is 2.86. The monoisotopic (exact) mass is 269 g/mol. The van der Waals surface area contributed by atoms with Crippen molar-refractivity contribution in [3.8, 4) is 0 Å². The van der Waals surface area contributed by atoms with Crippen molar-refractivity contribution >= 4 is 8.07 Å². The first-order valence-corrected chi connectivity index (χ1v) is 9.83. The van der Waals surface area contributed by atoms with E-state index in [9.17, 15) is 0 Å². The molecule has 2 heteroatoms. The van der Waals surface area contributed by atoms with Gasteiger partial charge in [-0.05, 0) is 58.2 Å². The van der Waals surface area contributed by atoms with Crippen molar-refractivity contribution < 1.29 is 0 Å². The molecule has 0 heterocycles. The molecule has 18 heavy (non-hydrogen) atoms. The Bertz CT molecular complexity index is 197. The quantitative estimate of drug-likeness (QED) is 0.605. The average Bonchev–Trinajstić information content (AvgIpc) is 2.46. The van der Waals surface area contributed by atoms with Gasteiger partial charge in [-0.3, -0.25) is 4.67 Å². The summed E-state index contributed by atoms with van der Waals surface area (Å²) in [7, 11) is 0.173. The third-order valence-corrected chi connectivity index (χ3v) is 8.70. The molecule has 2 aliphatic rings. The Morgan fingerprint density at radius 3 is 1.44 bits per heavy atom. The van der Waals surface area contributed by atoms with Crippen molar-refractivity contribution in [1.29, 1.82) is 0 Å². The summed E-state index contributed by atoms with van der Waals surface area (Å²) in [5, 5.41) is 0. The van der Waals surface area contributed by atoms with Crippen molar-refractivity contribution in [2.75, 3.05) is 13.1 Å². The molecule has 106 valence electrons. The van der Waals surface area contributed by atoms with Gasteiger partial charge in [0.2, 0.25) is 0 Å². The highest BCUT2D eigenvalue weighted by Gasteiger charge is 2.34. The summed E-state index contributed by atoms with van der Waals surface area (Å²) in [6.45, 7) is 7.33. The van der Waals surface area contributed by atoms with Crippen LogP contribution >= 0.6 is 8.07 Å². The van der Waals surface area contributed by atoms with Crippen LogP contribution in [0.3, 0.4) is 0 Å². The van der Waals surface area contributed by atoms with Crippen molar-refractivity contribution in [1.82, 2.24) is 4.67 Å². The third-order valence-electron chi connectivity index (χ3n) is 4.95. The summed E-state index contributed by atoms with van der Waals surface area (Å²) in [5.41, 5.74) is 2.16. The van der Waals surface area contributed by atoms with Gasteiger partial charge >= 0.3 is 0 Å². The molecule has 0 amide bonds. The smallest absolute Gasteiger partial charge is 0.000749 e. The third kappa shape index (κ3) is 3.70. The Morgan fingerprint density at radius 2 is 1.11 bits per heavy atom. The zero-order chi connectivity index (χ0) is 12.8. The van der Waals surface area contributed by atoms with E-state index in [0.717, 1.165) is 11.3 Å². The van der Waals surface area contributed by atoms with Crippen LogP contribution in [0.25, 0.3) is 0 Å². The van der Waals surface area contributed by atoms with Gasteiger partial charge in [-0.25, -0.2) is 0 Å². The fraction of sp³-hybridized carbons (Fsp3) is 1.00. The topological polar surface area (TPSA) is 3.24 Å². The van der Waals surface area contributed by atoms with Crippen LogP contribution in [0.2, 0.25) is 0 Å². The van der Waals surface area contributed by atoms with Crippen LogP contribution in [0.1, 0.15) is 78.1 Å². The van der Waals surface area contributed by atoms with Gasteiger partial charge in [0.05, 0.1) is 0 Å². The van der Waals surface area contributed by atoms with E-state index in [-0.39, 0.29) is 8.07 Å². The normalized spacial score (nSPS) is 24.0. The van der Waals surface area contributed by atoms with E-state index >= 15 is 0 Å². The molecule has 1 nitrogen and oxygen atoms in total. The first-order valence-electron chi connectivity index (χ1n) is 8.40. The van der Waals surface area contributed by atoms with Gasteiger partial charge in [0.25, 0.3) is 0 Å². The summed E-state index contributed by atoms with van der Waals surface area (Å²) >= 11 is 0. The number of nitrogens with zero attached hydrogens (tertiary/aromatic N) is 1. The fourth-order valence-corrected chi connectivity index (χ4v) is 7.96. The van der Waals surface area contributed by atoms with Gasteiger partial charge in [-0.15, -0.1) is 0 Å². The number of hydrogen-bond acceptors (Lipinski definition) is 1. The summed E-state index contributed by atoms with van der Waals surface area (Å²) in [6.07, 6.45) is 15.2. The molecule has 0 radical (unpaired) electrons. The van der Waals surface area contributed by atoms with Gasteiger partial charge in [-0.2, -0.15) is 0 Å². The lowest BCUT2D eigenvalue weighted by atomic mass is 10.00. The first kappa shape index (κ1) is 14.8. The fourth-order valence-electron chi connectivity index (χ4n) is 4.00. The minimum absolute atomic E-state index is 0.173. The van der Waals surface area contributed by atoms with E-state index in [1.54, 1.807) is 25.7 Å². The molecule has 2 fully saturated rings. The van der Waals surface area contributed by atoms with Crippen LogP contribution in [0, 0.1) is 0 Å².